The second kappa shape index (κ2) is 4.40. The predicted octanol–water partition coefficient (Wildman–Crippen LogP) is 2.75. The highest BCUT2D eigenvalue weighted by Gasteiger charge is 2.34. The maximum Gasteiger partial charge on any atom is 0.195 e. The number of hydrogen-bond donors (Lipinski definition) is 0. The van der Waals surface area contributed by atoms with Gasteiger partial charge in [0.1, 0.15) is 0 Å². The average molecular weight is 286 g/mol. The molecule has 1 aliphatic rings. The molecule has 2 aromatic rings. The number of rotatable bonds is 2. The summed E-state index contributed by atoms with van der Waals surface area (Å²) in [6.45, 7) is 6.69. The van der Waals surface area contributed by atoms with Gasteiger partial charge in [-0.2, -0.15) is 0 Å². The van der Waals surface area contributed by atoms with Gasteiger partial charge in [0.05, 0.1) is 30.3 Å². The van der Waals surface area contributed by atoms with Gasteiger partial charge in [0.2, 0.25) is 0 Å². The maximum absolute atomic E-state index is 6.11. The molecule has 18 heavy (non-hydrogen) atoms. The van der Waals surface area contributed by atoms with E-state index in [4.69, 9.17) is 21.3 Å². The van der Waals surface area contributed by atoms with Crippen LogP contribution in [0, 0.1) is 0 Å². The summed E-state index contributed by atoms with van der Waals surface area (Å²) < 4.78 is 7.64. The van der Waals surface area contributed by atoms with Crippen molar-refractivity contribution < 1.29 is 4.74 Å². The van der Waals surface area contributed by atoms with E-state index < -0.39 is 0 Å². The fourth-order valence-electron chi connectivity index (χ4n) is 2.41. The molecular formula is C12H16ClN3OS. The molecule has 2 aromatic heterocycles. The standard InChI is InChI=1S/C12H16ClN3OS/c1-12(2)8-17-5-3-16(12)10-9(7-13)15-4-6-18-11(15)14-10/h4,6H,3,5,7-8H2,1-2H3. The number of nitrogens with zero attached hydrogens (tertiary/aromatic N) is 3. The number of morpholine rings is 1. The Hall–Kier alpha value is -0.780. The van der Waals surface area contributed by atoms with Crippen LogP contribution in [0.4, 0.5) is 5.82 Å². The monoisotopic (exact) mass is 285 g/mol. The second-order valence-electron chi connectivity index (χ2n) is 5.09. The lowest BCUT2D eigenvalue weighted by Gasteiger charge is -2.42. The largest absolute Gasteiger partial charge is 0.377 e. The molecular weight excluding hydrogens is 270 g/mol. The molecule has 6 heteroatoms. The Balaban J connectivity index is 2.09. The third kappa shape index (κ3) is 1.81. The van der Waals surface area contributed by atoms with Crippen LogP contribution in [-0.2, 0) is 10.6 Å². The SMILES string of the molecule is CC1(C)COCCN1c1nc2sccn2c1CCl. The number of alkyl halides is 1. The van der Waals surface area contributed by atoms with Gasteiger partial charge in [-0.15, -0.1) is 22.9 Å². The van der Waals surface area contributed by atoms with E-state index in [0.717, 1.165) is 36.2 Å². The first-order valence-electron chi connectivity index (χ1n) is 5.99. The number of anilines is 1. The highest BCUT2D eigenvalue weighted by molar-refractivity contribution is 7.15. The number of halogens is 1. The zero-order valence-corrected chi connectivity index (χ0v) is 12.1. The number of hydrogen-bond acceptors (Lipinski definition) is 4. The molecule has 4 nitrogen and oxygen atoms in total. The Labute approximate surface area is 115 Å². The minimum Gasteiger partial charge on any atom is -0.377 e. The first-order valence-corrected chi connectivity index (χ1v) is 7.41. The highest BCUT2D eigenvalue weighted by Crippen LogP contribution is 2.32. The van der Waals surface area contributed by atoms with E-state index in [2.05, 4.69) is 23.1 Å². The molecule has 3 rings (SSSR count). The highest BCUT2D eigenvalue weighted by atomic mass is 35.5. The molecule has 0 aromatic carbocycles. The zero-order valence-electron chi connectivity index (χ0n) is 10.5. The molecule has 0 bridgehead atoms. The van der Waals surface area contributed by atoms with Crippen molar-refractivity contribution in [2.24, 2.45) is 0 Å². The molecule has 98 valence electrons. The van der Waals surface area contributed by atoms with Gasteiger partial charge in [0.15, 0.2) is 10.8 Å². The van der Waals surface area contributed by atoms with E-state index in [1.54, 1.807) is 11.3 Å². The van der Waals surface area contributed by atoms with Crippen molar-refractivity contribution >= 4 is 33.7 Å². The van der Waals surface area contributed by atoms with Crippen LogP contribution in [0.3, 0.4) is 0 Å². The predicted molar refractivity (Wildman–Crippen MR) is 74.9 cm³/mol. The van der Waals surface area contributed by atoms with Crippen molar-refractivity contribution in [3.63, 3.8) is 0 Å². The third-order valence-corrected chi connectivity index (χ3v) is 4.38. The van der Waals surface area contributed by atoms with Crippen molar-refractivity contribution in [1.29, 1.82) is 0 Å². The molecule has 0 spiro atoms. The smallest absolute Gasteiger partial charge is 0.195 e. The number of fused-ring (bicyclic) bond motifs is 1. The summed E-state index contributed by atoms with van der Waals surface area (Å²) in [7, 11) is 0. The van der Waals surface area contributed by atoms with Crippen molar-refractivity contribution in [3.8, 4) is 0 Å². The van der Waals surface area contributed by atoms with E-state index in [1.165, 1.54) is 0 Å². The van der Waals surface area contributed by atoms with Gasteiger partial charge in [0.25, 0.3) is 0 Å². The zero-order chi connectivity index (χ0) is 12.8. The van der Waals surface area contributed by atoms with Crippen LogP contribution in [0.25, 0.3) is 4.96 Å². The summed E-state index contributed by atoms with van der Waals surface area (Å²) >= 11 is 7.74. The quantitative estimate of drug-likeness (QED) is 0.795. The Kier molecular flexibility index (Phi) is 3.00. The van der Waals surface area contributed by atoms with Gasteiger partial charge in [-0.1, -0.05) is 0 Å². The summed E-state index contributed by atoms with van der Waals surface area (Å²) in [5.41, 5.74) is 1.03. The minimum absolute atomic E-state index is 0.0386. The molecule has 0 unspecified atom stereocenters. The molecule has 1 saturated heterocycles. The summed E-state index contributed by atoms with van der Waals surface area (Å²) in [4.78, 5) is 8.05. The van der Waals surface area contributed by atoms with Crippen LogP contribution >= 0.6 is 22.9 Å². The van der Waals surface area contributed by atoms with Crippen LogP contribution in [0.1, 0.15) is 19.5 Å². The summed E-state index contributed by atoms with van der Waals surface area (Å²) in [5.74, 6) is 1.48. The fourth-order valence-corrected chi connectivity index (χ4v) is 3.39. The average Bonchev–Trinajstić information content (AvgIpc) is 2.87. The van der Waals surface area contributed by atoms with Gasteiger partial charge < -0.3 is 9.64 Å². The van der Waals surface area contributed by atoms with Crippen LogP contribution in [-0.4, -0.2) is 34.7 Å². The minimum atomic E-state index is -0.0386. The Morgan fingerprint density at radius 3 is 3.11 bits per heavy atom. The molecule has 0 amide bonds. The Morgan fingerprint density at radius 2 is 2.39 bits per heavy atom. The van der Waals surface area contributed by atoms with Crippen molar-refractivity contribution in [1.82, 2.24) is 9.38 Å². The number of thiazole rings is 1. The fraction of sp³-hybridized carbons (Fsp3) is 0.583. The van der Waals surface area contributed by atoms with Gasteiger partial charge in [0, 0.05) is 18.1 Å². The number of ether oxygens (including phenoxy) is 1. The first-order chi connectivity index (χ1) is 8.63. The van der Waals surface area contributed by atoms with E-state index in [0.29, 0.717) is 5.88 Å². The van der Waals surface area contributed by atoms with Crippen LogP contribution in [0.5, 0.6) is 0 Å². The van der Waals surface area contributed by atoms with E-state index >= 15 is 0 Å². The Bertz CT molecular complexity index is 563. The topological polar surface area (TPSA) is 29.8 Å². The lowest BCUT2D eigenvalue weighted by molar-refractivity contribution is 0.0639. The first kappa shape index (κ1) is 12.3. The molecule has 0 aliphatic carbocycles. The molecule has 1 aliphatic heterocycles. The Morgan fingerprint density at radius 1 is 1.56 bits per heavy atom. The lowest BCUT2D eigenvalue weighted by Crippen LogP contribution is -2.53. The summed E-state index contributed by atoms with van der Waals surface area (Å²) in [6.07, 6.45) is 2.03. The van der Waals surface area contributed by atoms with Gasteiger partial charge in [-0.05, 0) is 13.8 Å². The molecule has 0 saturated carbocycles. The third-order valence-electron chi connectivity index (χ3n) is 3.37. The van der Waals surface area contributed by atoms with Gasteiger partial charge in [-0.25, -0.2) is 4.98 Å². The second-order valence-corrected chi connectivity index (χ2v) is 6.23. The van der Waals surface area contributed by atoms with E-state index in [9.17, 15) is 0 Å². The molecule has 0 atom stereocenters. The number of imidazole rings is 1. The summed E-state index contributed by atoms with van der Waals surface area (Å²) in [6, 6.07) is 0. The van der Waals surface area contributed by atoms with Crippen molar-refractivity contribution in [3.05, 3.63) is 17.3 Å². The molecule has 0 N–H and O–H groups in total. The van der Waals surface area contributed by atoms with E-state index in [1.807, 2.05) is 11.6 Å². The van der Waals surface area contributed by atoms with E-state index in [-0.39, 0.29) is 5.54 Å². The van der Waals surface area contributed by atoms with Crippen molar-refractivity contribution in [2.45, 2.75) is 25.3 Å². The van der Waals surface area contributed by atoms with Crippen molar-refractivity contribution in [2.75, 3.05) is 24.7 Å². The molecule has 0 radical (unpaired) electrons. The maximum atomic E-state index is 6.11. The van der Waals surface area contributed by atoms with Gasteiger partial charge in [-0.3, -0.25) is 4.40 Å². The van der Waals surface area contributed by atoms with Crippen LogP contribution in [0.2, 0.25) is 0 Å². The van der Waals surface area contributed by atoms with Crippen LogP contribution < -0.4 is 4.90 Å². The van der Waals surface area contributed by atoms with Crippen LogP contribution in [0.15, 0.2) is 11.6 Å². The lowest BCUT2D eigenvalue weighted by atomic mass is 10.0. The number of aromatic nitrogens is 2. The molecule has 1 fully saturated rings. The van der Waals surface area contributed by atoms with Gasteiger partial charge >= 0.3 is 0 Å². The normalized spacial score (nSPS) is 19.6. The molecule has 3 heterocycles. The summed E-state index contributed by atoms with van der Waals surface area (Å²) in [5, 5.41) is 2.03.